The zero-order chi connectivity index (χ0) is 16.7. The highest BCUT2D eigenvalue weighted by Crippen LogP contribution is 2.39. The Balaban J connectivity index is 1.49. The van der Waals surface area contributed by atoms with Gasteiger partial charge in [-0.25, -0.2) is 4.79 Å². The van der Waals surface area contributed by atoms with Gasteiger partial charge >= 0.3 is 5.69 Å². The van der Waals surface area contributed by atoms with Gasteiger partial charge in [-0.2, -0.15) is 20.1 Å². The van der Waals surface area contributed by atoms with Crippen molar-refractivity contribution in [2.75, 3.05) is 13.1 Å². The fourth-order valence-corrected chi connectivity index (χ4v) is 3.05. The van der Waals surface area contributed by atoms with E-state index in [1.54, 1.807) is 9.47 Å². The molecular formula is C15H17N7O2. The second-order valence-electron chi connectivity index (χ2n) is 6.19. The van der Waals surface area contributed by atoms with Crippen molar-refractivity contribution in [3.63, 3.8) is 0 Å². The summed E-state index contributed by atoms with van der Waals surface area (Å²) in [4.78, 5) is 26.5. The van der Waals surface area contributed by atoms with Gasteiger partial charge in [-0.05, 0) is 18.9 Å². The second kappa shape index (κ2) is 5.63. The number of amides is 1. The van der Waals surface area contributed by atoms with Gasteiger partial charge in [0, 0.05) is 37.7 Å². The first kappa shape index (κ1) is 14.7. The summed E-state index contributed by atoms with van der Waals surface area (Å²) in [5.74, 6) is 1.01. The maximum atomic E-state index is 12.6. The van der Waals surface area contributed by atoms with E-state index >= 15 is 0 Å². The van der Waals surface area contributed by atoms with E-state index in [0.717, 1.165) is 18.5 Å². The van der Waals surface area contributed by atoms with Crippen LogP contribution in [0, 0.1) is 11.3 Å². The Morgan fingerprint density at radius 1 is 1.38 bits per heavy atom. The summed E-state index contributed by atoms with van der Waals surface area (Å²) in [6.45, 7) is 1.23. The van der Waals surface area contributed by atoms with Crippen molar-refractivity contribution < 1.29 is 4.79 Å². The highest BCUT2D eigenvalue weighted by molar-refractivity contribution is 5.92. The van der Waals surface area contributed by atoms with Crippen LogP contribution < -0.4 is 5.69 Å². The summed E-state index contributed by atoms with van der Waals surface area (Å²) in [5.41, 5.74) is 1.16. The Morgan fingerprint density at radius 3 is 2.96 bits per heavy atom. The molecule has 4 rings (SSSR count). The van der Waals surface area contributed by atoms with Crippen molar-refractivity contribution in [1.29, 1.82) is 5.26 Å². The normalized spacial score (nSPS) is 17.2. The van der Waals surface area contributed by atoms with E-state index in [2.05, 4.69) is 15.3 Å². The lowest BCUT2D eigenvalue weighted by molar-refractivity contribution is 0.0752. The molecule has 0 spiro atoms. The van der Waals surface area contributed by atoms with Crippen molar-refractivity contribution in [3.05, 3.63) is 33.8 Å². The molecule has 0 atom stereocenters. The summed E-state index contributed by atoms with van der Waals surface area (Å²) in [6, 6.07) is 3.76. The van der Waals surface area contributed by atoms with Gasteiger partial charge in [-0.3, -0.25) is 14.5 Å². The monoisotopic (exact) mass is 327 g/mol. The zero-order valence-corrected chi connectivity index (χ0v) is 13.1. The lowest BCUT2D eigenvalue weighted by Crippen LogP contribution is -2.35. The smallest absolute Gasteiger partial charge is 0.335 e. The average molecular weight is 327 g/mol. The molecule has 0 saturated heterocycles. The molecule has 2 aliphatic rings. The Labute approximate surface area is 137 Å². The number of hydrogen-bond acceptors (Lipinski definition) is 5. The predicted molar refractivity (Wildman–Crippen MR) is 82.3 cm³/mol. The molecule has 2 aromatic heterocycles. The molecule has 3 heterocycles. The highest BCUT2D eigenvalue weighted by Gasteiger charge is 2.28. The molecule has 1 aliphatic heterocycles. The average Bonchev–Trinajstić information content (AvgIpc) is 3.29. The standard InChI is InChI=1S/C15H17N7O2/c16-4-6-22-15(24)21-8-7-20(5-3-13(21)19-22)14(23)12-9-11(17-18-12)10-1-2-10/h9-10H,1-3,5-8H2,(H,17,18). The summed E-state index contributed by atoms with van der Waals surface area (Å²) >= 11 is 0. The van der Waals surface area contributed by atoms with Crippen LogP contribution in [-0.4, -0.2) is 48.4 Å². The number of fused-ring (bicyclic) bond motifs is 1. The number of nitriles is 1. The maximum absolute atomic E-state index is 12.6. The van der Waals surface area contributed by atoms with E-state index < -0.39 is 0 Å². The first-order valence-corrected chi connectivity index (χ1v) is 8.05. The lowest BCUT2D eigenvalue weighted by Gasteiger charge is -2.18. The number of rotatable bonds is 3. The van der Waals surface area contributed by atoms with Gasteiger partial charge in [0.15, 0.2) is 0 Å². The minimum absolute atomic E-state index is 0.0569. The number of carbonyl (C=O) groups excluding carboxylic acids is 1. The number of nitrogens with zero attached hydrogens (tertiary/aromatic N) is 6. The van der Waals surface area contributed by atoms with Crippen LogP contribution in [0.2, 0.25) is 0 Å². The fraction of sp³-hybridized carbons (Fsp3) is 0.533. The van der Waals surface area contributed by atoms with Gasteiger partial charge in [0.05, 0.1) is 6.07 Å². The largest absolute Gasteiger partial charge is 0.346 e. The van der Waals surface area contributed by atoms with E-state index in [1.807, 2.05) is 12.1 Å². The van der Waals surface area contributed by atoms with Gasteiger partial charge in [0.2, 0.25) is 0 Å². The van der Waals surface area contributed by atoms with Crippen molar-refractivity contribution in [3.8, 4) is 6.07 Å². The summed E-state index contributed by atoms with van der Waals surface area (Å²) in [5, 5.41) is 20.0. The van der Waals surface area contributed by atoms with Crippen LogP contribution in [-0.2, 0) is 19.5 Å². The fourth-order valence-electron chi connectivity index (χ4n) is 3.05. The van der Waals surface area contributed by atoms with E-state index in [0.29, 0.717) is 43.5 Å². The van der Waals surface area contributed by atoms with Crippen LogP contribution >= 0.6 is 0 Å². The first-order valence-electron chi connectivity index (χ1n) is 8.05. The number of nitrogens with one attached hydrogen (secondary N) is 1. The first-order chi connectivity index (χ1) is 11.7. The molecule has 9 nitrogen and oxygen atoms in total. The van der Waals surface area contributed by atoms with E-state index in [9.17, 15) is 9.59 Å². The molecule has 0 aromatic carbocycles. The molecule has 1 N–H and O–H groups in total. The molecule has 24 heavy (non-hydrogen) atoms. The van der Waals surface area contributed by atoms with Crippen LogP contribution in [0.25, 0.3) is 0 Å². The van der Waals surface area contributed by atoms with Gasteiger partial charge in [-0.1, -0.05) is 0 Å². The topological polar surface area (TPSA) is 113 Å². The van der Waals surface area contributed by atoms with Crippen LogP contribution in [0.15, 0.2) is 10.9 Å². The van der Waals surface area contributed by atoms with Crippen molar-refractivity contribution >= 4 is 5.91 Å². The number of hydrogen-bond donors (Lipinski definition) is 1. The highest BCUT2D eigenvalue weighted by atomic mass is 16.2. The van der Waals surface area contributed by atoms with Crippen LogP contribution in [0.5, 0.6) is 0 Å². The third-order valence-corrected chi connectivity index (χ3v) is 4.54. The SMILES string of the molecule is N#CCn1nc2n(c1=O)CCN(C(=O)c1cc(C3CC3)[nH]n1)CC2. The van der Waals surface area contributed by atoms with Gasteiger partial charge < -0.3 is 4.90 Å². The van der Waals surface area contributed by atoms with E-state index in [4.69, 9.17) is 5.26 Å². The minimum atomic E-state index is -0.295. The van der Waals surface area contributed by atoms with Gasteiger partial charge in [0.25, 0.3) is 5.91 Å². The number of carbonyl (C=O) groups is 1. The van der Waals surface area contributed by atoms with Crippen LogP contribution in [0.3, 0.4) is 0 Å². The van der Waals surface area contributed by atoms with Crippen LogP contribution in [0.4, 0.5) is 0 Å². The van der Waals surface area contributed by atoms with Crippen molar-refractivity contribution in [1.82, 2.24) is 29.4 Å². The molecule has 1 saturated carbocycles. The third-order valence-electron chi connectivity index (χ3n) is 4.54. The van der Waals surface area contributed by atoms with Gasteiger partial charge in [0.1, 0.15) is 18.1 Å². The quantitative estimate of drug-likeness (QED) is 0.843. The lowest BCUT2D eigenvalue weighted by atomic mass is 10.2. The summed E-state index contributed by atoms with van der Waals surface area (Å²) < 4.78 is 2.72. The molecule has 0 radical (unpaired) electrons. The Hall–Kier alpha value is -2.89. The van der Waals surface area contributed by atoms with Gasteiger partial charge in [-0.15, -0.1) is 0 Å². The third kappa shape index (κ3) is 2.50. The number of aromatic nitrogens is 5. The molecule has 0 bridgehead atoms. The predicted octanol–water partition coefficient (Wildman–Crippen LogP) is -0.133. The molecule has 1 aliphatic carbocycles. The van der Waals surface area contributed by atoms with E-state index in [-0.39, 0.29) is 18.1 Å². The van der Waals surface area contributed by atoms with Crippen LogP contribution in [0.1, 0.15) is 40.8 Å². The Kier molecular flexibility index (Phi) is 3.45. The minimum Gasteiger partial charge on any atom is -0.335 e. The zero-order valence-electron chi connectivity index (χ0n) is 13.1. The van der Waals surface area contributed by atoms with Crippen molar-refractivity contribution in [2.24, 2.45) is 0 Å². The number of H-pyrrole nitrogens is 1. The van der Waals surface area contributed by atoms with Crippen molar-refractivity contribution in [2.45, 2.75) is 38.3 Å². The molecule has 2 aromatic rings. The molecule has 1 fully saturated rings. The molecule has 124 valence electrons. The number of aromatic amines is 1. The maximum Gasteiger partial charge on any atom is 0.346 e. The summed E-state index contributed by atoms with van der Waals surface area (Å²) in [7, 11) is 0. The molecule has 0 unspecified atom stereocenters. The molecule has 1 amide bonds. The molecule has 9 heteroatoms. The van der Waals surface area contributed by atoms with E-state index in [1.165, 1.54) is 4.68 Å². The summed E-state index contributed by atoms with van der Waals surface area (Å²) in [6.07, 6.45) is 2.78. The Morgan fingerprint density at radius 2 is 2.21 bits per heavy atom. The second-order valence-corrected chi connectivity index (χ2v) is 6.19. The molecular weight excluding hydrogens is 310 g/mol. The Bertz CT molecular complexity index is 881.